The predicted octanol–water partition coefficient (Wildman–Crippen LogP) is 2.40. The predicted molar refractivity (Wildman–Crippen MR) is 87.6 cm³/mol. The van der Waals surface area contributed by atoms with Gasteiger partial charge in [-0.3, -0.25) is 9.69 Å². The minimum Gasteiger partial charge on any atom is -0.482 e. The van der Waals surface area contributed by atoms with Crippen LogP contribution in [0.5, 0.6) is 5.75 Å². The van der Waals surface area contributed by atoms with Crippen molar-refractivity contribution in [3.05, 3.63) is 23.8 Å². The Morgan fingerprint density at radius 2 is 2.12 bits per heavy atom. The summed E-state index contributed by atoms with van der Waals surface area (Å²) >= 11 is 0. The van der Waals surface area contributed by atoms with Crippen LogP contribution >= 0.6 is 0 Å². The van der Waals surface area contributed by atoms with Crippen molar-refractivity contribution in [2.75, 3.05) is 31.6 Å². The lowest BCUT2D eigenvalue weighted by Crippen LogP contribution is -2.44. The van der Waals surface area contributed by atoms with Gasteiger partial charge in [0, 0.05) is 12.1 Å². The first-order chi connectivity index (χ1) is 11.5. The number of ether oxygens (including phenoxy) is 1. The van der Waals surface area contributed by atoms with Crippen LogP contribution in [0.15, 0.2) is 18.2 Å². The number of carbonyl (C=O) groups is 1. The van der Waals surface area contributed by atoms with Crippen LogP contribution in [0.4, 0.5) is 14.5 Å². The molecule has 7 heteroatoms. The van der Waals surface area contributed by atoms with Gasteiger partial charge in [-0.1, -0.05) is 6.07 Å². The van der Waals surface area contributed by atoms with E-state index in [1.165, 1.54) is 0 Å². The zero-order chi connectivity index (χ0) is 17.1. The van der Waals surface area contributed by atoms with Gasteiger partial charge >= 0.3 is 0 Å². The standard InChI is InChI=1S/C17H23F2N3O2/c1-11(20-13-4-6-22(7-5-13)9-16(18)19)12-2-3-15-14(8-12)21-17(23)10-24-15/h2-3,8,11,13,16,20H,4-7,9-10H2,1H3,(H,21,23). The Hall–Kier alpha value is -1.73. The van der Waals surface area contributed by atoms with Crippen LogP contribution in [0.2, 0.25) is 0 Å². The summed E-state index contributed by atoms with van der Waals surface area (Å²) in [5.41, 5.74) is 1.76. The minimum absolute atomic E-state index is 0.0529. The van der Waals surface area contributed by atoms with E-state index in [2.05, 4.69) is 17.6 Å². The quantitative estimate of drug-likeness (QED) is 0.865. The summed E-state index contributed by atoms with van der Waals surface area (Å²) < 4.78 is 30.2. The fourth-order valence-electron chi connectivity index (χ4n) is 3.30. The summed E-state index contributed by atoms with van der Waals surface area (Å²) in [5.74, 6) is 0.539. The molecular formula is C17H23F2N3O2. The molecule has 2 aliphatic rings. The molecular weight excluding hydrogens is 316 g/mol. The van der Waals surface area contributed by atoms with Crippen LogP contribution in [-0.2, 0) is 4.79 Å². The number of nitrogens with zero attached hydrogens (tertiary/aromatic N) is 1. The number of anilines is 1. The summed E-state index contributed by atoms with van der Waals surface area (Å²) in [4.78, 5) is 13.2. The molecule has 1 aromatic rings. The van der Waals surface area contributed by atoms with E-state index in [-0.39, 0.29) is 25.1 Å². The molecule has 2 N–H and O–H groups in total. The lowest BCUT2D eigenvalue weighted by Gasteiger charge is -2.34. The Bertz CT molecular complexity index is 589. The first-order valence-electron chi connectivity index (χ1n) is 8.34. The van der Waals surface area contributed by atoms with Crippen molar-refractivity contribution in [1.82, 2.24) is 10.2 Å². The van der Waals surface area contributed by atoms with Crippen molar-refractivity contribution in [2.24, 2.45) is 0 Å². The van der Waals surface area contributed by atoms with Gasteiger partial charge in [-0.15, -0.1) is 0 Å². The Kier molecular flexibility index (Phi) is 5.30. The molecule has 132 valence electrons. The number of amides is 1. The van der Waals surface area contributed by atoms with E-state index >= 15 is 0 Å². The number of nitrogens with one attached hydrogen (secondary N) is 2. The number of likely N-dealkylation sites (tertiary alicyclic amines) is 1. The Morgan fingerprint density at radius 1 is 1.38 bits per heavy atom. The summed E-state index contributed by atoms with van der Waals surface area (Å²) in [6, 6.07) is 6.21. The smallest absolute Gasteiger partial charge is 0.262 e. The highest BCUT2D eigenvalue weighted by Crippen LogP contribution is 2.31. The molecule has 2 heterocycles. The lowest BCUT2D eigenvalue weighted by atomic mass is 10.0. The fraction of sp³-hybridized carbons (Fsp3) is 0.588. The molecule has 0 saturated carbocycles. The second kappa shape index (κ2) is 7.44. The van der Waals surface area contributed by atoms with Crippen molar-refractivity contribution in [3.8, 4) is 5.75 Å². The van der Waals surface area contributed by atoms with Crippen LogP contribution in [0.3, 0.4) is 0 Å². The molecule has 5 nitrogen and oxygen atoms in total. The highest BCUT2D eigenvalue weighted by molar-refractivity contribution is 5.95. The average Bonchev–Trinajstić information content (AvgIpc) is 2.55. The van der Waals surface area contributed by atoms with Crippen molar-refractivity contribution in [1.29, 1.82) is 0 Å². The summed E-state index contributed by atoms with van der Waals surface area (Å²) in [6.45, 7) is 3.38. The van der Waals surface area contributed by atoms with Crippen LogP contribution in [0, 0.1) is 0 Å². The van der Waals surface area contributed by atoms with Gasteiger partial charge in [-0.25, -0.2) is 8.78 Å². The molecule has 1 unspecified atom stereocenters. The largest absolute Gasteiger partial charge is 0.482 e. The van der Waals surface area contributed by atoms with E-state index in [1.54, 1.807) is 0 Å². The molecule has 1 saturated heterocycles. The van der Waals surface area contributed by atoms with Gasteiger partial charge in [0.05, 0.1) is 12.2 Å². The molecule has 24 heavy (non-hydrogen) atoms. The highest BCUT2D eigenvalue weighted by atomic mass is 19.3. The van der Waals surface area contributed by atoms with Crippen LogP contribution in [0.25, 0.3) is 0 Å². The zero-order valence-corrected chi connectivity index (χ0v) is 13.7. The minimum atomic E-state index is -2.26. The molecule has 1 amide bonds. The number of halogens is 2. The van der Waals surface area contributed by atoms with Gasteiger partial charge in [0.15, 0.2) is 6.61 Å². The maximum absolute atomic E-state index is 12.4. The van der Waals surface area contributed by atoms with E-state index in [4.69, 9.17) is 4.74 Å². The third-order valence-electron chi connectivity index (χ3n) is 4.61. The first-order valence-corrected chi connectivity index (χ1v) is 8.34. The number of alkyl halides is 2. The average molecular weight is 339 g/mol. The van der Waals surface area contributed by atoms with E-state index < -0.39 is 6.43 Å². The number of hydrogen-bond acceptors (Lipinski definition) is 4. The van der Waals surface area contributed by atoms with Gasteiger partial charge in [0.2, 0.25) is 0 Å². The Labute approximate surface area is 140 Å². The summed E-state index contributed by atoms with van der Waals surface area (Å²) in [5, 5.41) is 6.37. The first kappa shape index (κ1) is 17.1. The van der Waals surface area contributed by atoms with Crippen LogP contribution < -0.4 is 15.4 Å². The van der Waals surface area contributed by atoms with Gasteiger partial charge in [0.1, 0.15) is 5.75 Å². The maximum Gasteiger partial charge on any atom is 0.262 e. The third kappa shape index (κ3) is 4.21. The third-order valence-corrected chi connectivity index (χ3v) is 4.61. The second-order valence-electron chi connectivity index (χ2n) is 6.45. The molecule has 0 bridgehead atoms. The fourth-order valence-corrected chi connectivity index (χ4v) is 3.30. The van der Waals surface area contributed by atoms with E-state index in [0.717, 1.165) is 18.4 Å². The van der Waals surface area contributed by atoms with Gasteiger partial charge in [0.25, 0.3) is 12.3 Å². The topological polar surface area (TPSA) is 53.6 Å². The van der Waals surface area contributed by atoms with Gasteiger partial charge < -0.3 is 15.4 Å². The molecule has 0 aromatic heterocycles. The number of piperidine rings is 1. The van der Waals surface area contributed by atoms with Gasteiger partial charge in [-0.05, 0) is 50.6 Å². The van der Waals surface area contributed by atoms with Crippen molar-refractivity contribution in [2.45, 2.75) is 38.3 Å². The molecule has 0 radical (unpaired) electrons. The van der Waals surface area contributed by atoms with E-state index in [1.807, 2.05) is 23.1 Å². The molecule has 0 aliphatic carbocycles. The number of benzene rings is 1. The summed E-state index contributed by atoms with van der Waals surface area (Å²) in [6.07, 6.45) is -0.537. The maximum atomic E-state index is 12.4. The number of fused-ring (bicyclic) bond motifs is 1. The second-order valence-corrected chi connectivity index (χ2v) is 6.45. The Morgan fingerprint density at radius 3 is 2.83 bits per heavy atom. The van der Waals surface area contributed by atoms with Crippen LogP contribution in [0.1, 0.15) is 31.4 Å². The SMILES string of the molecule is CC(NC1CCN(CC(F)F)CC1)c1ccc2c(c1)NC(=O)CO2. The van der Waals surface area contributed by atoms with E-state index in [0.29, 0.717) is 30.6 Å². The lowest BCUT2D eigenvalue weighted by molar-refractivity contribution is -0.118. The van der Waals surface area contributed by atoms with Gasteiger partial charge in [-0.2, -0.15) is 0 Å². The Balaban J connectivity index is 1.55. The number of rotatable bonds is 5. The molecule has 1 atom stereocenters. The van der Waals surface area contributed by atoms with Crippen molar-refractivity contribution < 1.29 is 18.3 Å². The zero-order valence-electron chi connectivity index (χ0n) is 13.7. The summed E-state index contributed by atoms with van der Waals surface area (Å²) in [7, 11) is 0. The molecule has 1 fully saturated rings. The molecule has 0 spiro atoms. The highest BCUT2D eigenvalue weighted by Gasteiger charge is 2.23. The number of carbonyl (C=O) groups excluding carboxylic acids is 1. The molecule has 2 aliphatic heterocycles. The molecule has 1 aromatic carbocycles. The molecule has 3 rings (SSSR count). The van der Waals surface area contributed by atoms with Crippen LogP contribution in [-0.4, -0.2) is 49.5 Å². The monoisotopic (exact) mass is 339 g/mol. The van der Waals surface area contributed by atoms with Crippen molar-refractivity contribution >= 4 is 11.6 Å². The normalized spacial score (nSPS) is 20.4. The van der Waals surface area contributed by atoms with Crippen molar-refractivity contribution in [3.63, 3.8) is 0 Å². The van der Waals surface area contributed by atoms with E-state index in [9.17, 15) is 13.6 Å². The number of hydrogen-bond donors (Lipinski definition) is 2.